The van der Waals surface area contributed by atoms with Gasteiger partial charge in [-0.3, -0.25) is 0 Å². The van der Waals surface area contributed by atoms with Gasteiger partial charge in [0.1, 0.15) is 0 Å². The molecular weight excluding hydrogens is 340 g/mol. The molecule has 2 aliphatic heterocycles. The highest BCUT2D eigenvalue weighted by Gasteiger charge is 2.24. The molecule has 0 atom stereocenters. The molecule has 0 unspecified atom stereocenters. The van der Waals surface area contributed by atoms with Crippen molar-refractivity contribution in [2.75, 3.05) is 44.8 Å². The number of fused-ring (bicyclic) bond motifs is 2. The van der Waals surface area contributed by atoms with Crippen molar-refractivity contribution in [3.05, 3.63) is 47.5 Å². The summed E-state index contributed by atoms with van der Waals surface area (Å²) in [5.41, 5.74) is 4.97. The molecule has 6 nitrogen and oxygen atoms in total. The maximum Gasteiger partial charge on any atom is 0.151 e. The number of halogens is 1. The molecule has 0 amide bonds. The summed E-state index contributed by atoms with van der Waals surface area (Å²) >= 11 is 6.19. The minimum absolute atomic E-state index is 0.486. The van der Waals surface area contributed by atoms with Gasteiger partial charge in [0.2, 0.25) is 0 Å². The molecule has 2 heterocycles. The molecule has 1 N–H and O–H groups in total. The third-order valence-corrected chi connectivity index (χ3v) is 4.70. The summed E-state index contributed by atoms with van der Waals surface area (Å²) in [4.78, 5) is 10.1. The second kappa shape index (κ2) is 7.19. The number of likely N-dealkylation sites (N-methyl/N-ethyl adjacent to an activating group) is 1. The van der Waals surface area contributed by atoms with E-state index in [-0.39, 0.29) is 0 Å². The Labute approximate surface area is 152 Å². The van der Waals surface area contributed by atoms with E-state index in [0.29, 0.717) is 11.7 Å². The van der Waals surface area contributed by atoms with Crippen LogP contribution in [0.15, 0.2) is 42.5 Å². The predicted molar refractivity (Wildman–Crippen MR) is 98.3 cm³/mol. The number of para-hydroxylation sites is 2. The number of hydroxylamine groups is 3. The monoisotopic (exact) mass is 360 g/mol. The van der Waals surface area contributed by atoms with Gasteiger partial charge in [-0.2, -0.15) is 10.5 Å². The van der Waals surface area contributed by atoms with Crippen LogP contribution in [0.3, 0.4) is 0 Å². The van der Waals surface area contributed by atoms with Gasteiger partial charge in [0.05, 0.1) is 18.0 Å². The normalized spacial score (nSPS) is 17.8. The Morgan fingerprint density at radius 2 is 1.80 bits per heavy atom. The predicted octanol–water partition coefficient (Wildman–Crippen LogP) is 3.22. The Hall–Kier alpha value is -1.83. The van der Waals surface area contributed by atoms with Gasteiger partial charge in [-0.15, -0.1) is 0 Å². The van der Waals surface area contributed by atoms with Crippen LogP contribution >= 0.6 is 11.6 Å². The first kappa shape index (κ1) is 16.6. The number of hydrogen-bond acceptors (Lipinski definition) is 6. The van der Waals surface area contributed by atoms with Crippen LogP contribution in [0.5, 0.6) is 11.5 Å². The molecule has 2 aromatic carbocycles. The van der Waals surface area contributed by atoms with Crippen LogP contribution in [0.4, 0.5) is 11.4 Å². The van der Waals surface area contributed by atoms with Crippen molar-refractivity contribution in [1.82, 2.24) is 15.4 Å². The molecule has 2 aliphatic rings. The molecule has 2 aromatic rings. The Kier molecular flexibility index (Phi) is 4.78. The average Bonchev–Trinajstić information content (AvgIpc) is 2.63. The largest absolute Gasteiger partial charge is 0.453 e. The second-order valence-electron chi connectivity index (χ2n) is 6.24. The van der Waals surface area contributed by atoms with Gasteiger partial charge in [0.25, 0.3) is 0 Å². The van der Waals surface area contributed by atoms with Crippen LogP contribution in [-0.2, 0) is 4.94 Å². The fraction of sp³-hybridized carbons (Fsp3) is 0.333. The highest BCUT2D eigenvalue weighted by atomic mass is 35.5. The molecule has 0 aliphatic carbocycles. The van der Waals surface area contributed by atoms with E-state index >= 15 is 0 Å². The van der Waals surface area contributed by atoms with Crippen LogP contribution < -0.4 is 15.1 Å². The Morgan fingerprint density at radius 3 is 2.64 bits per heavy atom. The van der Waals surface area contributed by atoms with E-state index in [4.69, 9.17) is 21.3 Å². The average molecular weight is 361 g/mol. The molecule has 25 heavy (non-hydrogen) atoms. The first-order valence-electron chi connectivity index (χ1n) is 8.38. The summed E-state index contributed by atoms with van der Waals surface area (Å²) in [5.74, 6) is 1.60. The van der Waals surface area contributed by atoms with Crippen molar-refractivity contribution in [2.45, 2.75) is 0 Å². The zero-order valence-corrected chi connectivity index (χ0v) is 14.9. The van der Waals surface area contributed by atoms with Crippen LogP contribution in [0.25, 0.3) is 0 Å². The lowest BCUT2D eigenvalue weighted by Gasteiger charge is -2.34. The summed E-state index contributed by atoms with van der Waals surface area (Å²) in [6.45, 7) is 4.25. The Balaban J connectivity index is 1.49. The van der Waals surface area contributed by atoms with Gasteiger partial charge < -0.3 is 14.5 Å². The lowest BCUT2D eigenvalue weighted by Crippen LogP contribution is -2.47. The molecule has 0 saturated carbocycles. The summed E-state index contributed by atoms with van der Waals surface area (Å²) in [6, 6.07) is 13.6. The first-order valence-corrected chi connectivity index (χ1v) is 8.76. The quantitative estimate of drug-likeness (QED) is 0.844. The van der Waals surface area contributed by atoms with E-state index in [1.54, 1.807) is 0 Å². The lowest BCUT2D eigenvalue weighted by atomic mass is 10.2. The van der Waals surface area contributed by atoms with Gasteiger partial charge in [0, 0.05) is 31.2 Å². The standard InChI is InChI=1S/C18H21ClN4O2/c1-21-8-10-22(11-9-21)25-20-13-23-15-4-2-3-5-17(15)24-18-7-6-14(19)12-16(18)23/h2-7,12,20H,8-11,13H2,1H3. The fourth-order valence-electron chi connectivity index (χ4n) is 3.04. The second-order valence-corrected chi connectivity index (χ2v) is 6.67. The van der Waals surface area contributed by atoms with Crippen molar-refractivity contribution < 1.29 is 9.68 Å². The Bertz CT molecular complexity index is 750. The summed E-state index contributed by atoms with van der Waals surface area (Å²) in [7, 11) is 2.12. The van der Waals surface area contributed by atoms with E-state index in [0.717, 1.165) is 49.1 Å². The Morgan fingerprint density at radius 1 is 1.04 bits per heavy atom. The van der Waals surface area contributed by atoms with Gasteiger partial charge >= 0.3 is 0 Å². The number of nitrogens with zero attached hydrogens (tertiary/aromatic N) is 3. The summed E-state index contributed by atoms with van der Waals surface area (Å²) < 4.78 is 5.99. The van der Waals surface area contributed by atoms with Crippen LogP contribution in [-0.4, -0.2) is 49.9 Å². The van der Waals surface area contributed by atoms with Gasteiger partial charge in [-0.25, -0.2) is 4.94 Å². The number of benzene rings is 2. The van der Waals surface area contributed by atoms with E-state index in [1.807, 2.05) is 47.5 Å². The van der Waals surface area contributed by atoms with Crippen LogP contribution in [0.2, 0.25) is 5.02 Å². The number of piperazine rings is 1. The zero-order valence-electron chi connectivity index (χ0n) is 14.1. The van der Waals surface area contributed by atoms with E-state index < -0.39 is 0 Å². The molecule has 7 heteroatoms. The summed E-state index contributed by atoms with van der Waals surface area (Å²) in [5, 5.41) is 2.62. The van der Waals surface area contributed by atoms with Gasteiger partial charge in [-0.05, 0) is 37.4 Å². The first-order chi connectivity index (χ1) is 12.2. The molecule has 0 aromatic heterocycles. The molecule has 0 spiro atoms. The minimum Gasteiger partial charge on any atom is -0.453 e. The van der Waals surface area contributed by atoms with E-state index in [9.17, 15) is 0 Å². The summed E-state index contributed by atoms with van der Waals surface area (Å²) in [6.07, 6.45) is 0. The molecule has 1 saturated heterocycles. The third-order valence-electron chi connectivity index (χ3n) is 4.47. The number of rotatable bonds is 4. The van der Waals surface area contributed by atoms with Crippen LogP contribution in [0.1, 0.15) is 0 Å². The molecule has 1 fully saturated rings. The van der Waals surface area contributed by atoms with E-state index in [1.165, 1.54) is 0 Å². The minimum atomic E-state index is 0.486. The van der Waals surface area contributed by atoms with Crippen molar-refractivity contribution in [1.29, 1.82) is 0 Å². The highest BCUT2D eigenvalue weighted by Crippen LogP contribution is 2.46. The maximum absolute atomic E-state index is 6.19. The highest BCUT2D eigenvalue weighted by molar-refractivity contribution is 6.31. The SMILES string of the molecule is CN1CCN(ONCN2c3ccccc3Oc3ccc(Cl)cc32)CC1. The molecular formula is C18H21ClN4O2. The molecule has 0 bridgehead atoms. The van der Waals surface area contributed by atoms with Gasteiger partial charge in [0.15, 0.2) is 11.5 Å². The third kappa shape index (κ3) is 3.58. The topological polar surface area (TPSA) is 40.2 Å². The van der Waals surface area contributed by atoms with Crippen molar-refractivity contribution in [2.24, 2.45) is 0 Å². The lowest BCUT2D eigenvalue weighted by molar-refractivity contribution is -0.221. The maximum atomic E-state index is 6.19. The van der Waals surface area contributed by atoms with Gasteiger partial charge in [-0.1, -0.05) is 23.7 Å². The van der Waals surface area contributed by atoms with Crippen LogP contribution in [0, 0.1) is 0 Å². The van der Waals surface area contributed by atoms with E-state index in [2.05, 4.69) is 22.3 Å². The smallest absolute Gasteiger partial charge is 0.151 e. The van der Waals surface area contributed by atoms with Crippen molar-refractivity contribution >= 4 is 23.0 Å². The van der Waals surface area contributed by atoms with Crippen molar-refractivity contribution in [3.8, 4) is 11.5 Å². The number of hydrogen-bond donors (Lipinski definition) is 1. The molecule has 132 valence electrons. The number of anilines is 2. The number of ether oxygens (including phenoxy) is 1. The number of nitrogens with one attached hydrogen (secondary N) is 1. The molecule has 4 rings (SSSR count). The van der Waals surface area contributed by atoms with Crippen molar-refractivity contribution in [3.63, 3.8) is 0 Å². The zero-order chi connectivity index (χ0) is 17.2. The fourth-order valence-corrected chi connectivity index (χ4v) is 3.20. The molecule has 0 radical (unpaired) electrons.